The molecule has 0 spiro atoms. The minimum atomic E-state index is -0.0366. The van der Waals surface area contributed by atoms with E-state index in [0.717, 1.165) is 11.6 Å². The van der Waals surface area contributed by atoms with Gasteiger partial charge in [-0.3, -0.25) is 4.79 Å². The van der Waals surface area contributed by atoms with E-state index in [-0.39, 0.29) is 11.3 Å². The van der Waals surface area contributed by atoms with E-state index in [1.807, 2.05) is 4.90 Å². The molecule has 0 aromatic heterocycles. The molecule has 2 nitrogen and oxygen atoms in total. The van der Waals surface area contributed by atoms with Crippen LogP contribution in [0.5, 0.6) is 0 Å². The summed E-state index contributed by atoms with van der Waals surface area (Å²) in [6.07, 6.45) is 7.17. The van der Waals surface area contributed by atoms with Crippen molar-refractivity contribution in [2.75, 3.05) is 11.4 Å². The molecule has 0 radical (unpaired) electrons. The van der Waals surface area contributed by atoms with Gasteiger partial charge in [0.1, 0.15) is 0 Å². The van der Waals surface area contributed by atoms with Crippen molar-refractivity contribution in [1.29, 1.82) is 0 Å². The second-order valence-electron chi connectivity index (χ2n) is 5.73. The van der Waals surface area contributed by atoms with E-state index in [4.69, 9.17) is 11.6 Å². The van der Waals surface area contributed by atoms with Gasteiger partial charge in [0.05, 0.1) is 5.38 Å². The third kappa shape index (κ3) is 2.79. The smallest absolute Gasteiger partial charge is 0.228 e. The summed E-state index contributed by atoms with van der Waals surface area (Å²) in [4.78, 5) is 13.6. The van der Waals surface area contributed by atoms with Crippen LogP contribution >= 0.6 is 11.6 Å². The number of carbonyl (C=O) groups is 1. The van der Waals surface area contributed by atoms with Crippen LogP contribution in [0.2, 0.25) is 0 Å². The van der Waals surface area contributed by atoms with Crippen LogP contribution in [0, 0.1) is 0 Å². The number of benzene rings is 1. The highest BCUT2D eigenvalue weighted by atomic mass is 35.5. The molecule has 1 aliphatic heterocycles. The predicted octanol–water partition coefficient (Wildman–Crippen LogP) is 4.08. The first-order chi connectivity index (χ1) is 9.24. The van der Waals surface area contributed by atoms with Crippen LogP contribution in [0.1, 0.15) is 50.0 Å². The van der Waals surface area contributed by atoms with Crippen LogP contribution in [0.25, 0.3) is 0 Å². The molecule has 1 amide bonds. The molecule has 1 aromatic rings. The number of amides is 1. The fourth-order valence-electron chi connectivity index (χ4n) is 3.28. The number of hydrogen-bond acceptors (Lipinski definition) is 1. The van der Waals surface area contributed by atoms with Crippen molar-refractivity contribution in [3.05, 3.63) is 29.8 Å². The first-order valence-electron chi connectivity index (χ1n) is 7.28. The van der Waals surface area contributed by atoms with Gasteiger partial charge in [-0.2, -0.15) is 0 Å². The third-order valence-electron chi connectivity index (χ3n) is 4.36. The molecular weight excluding hydrogens is 258 g/mol. The molecule has 19 heavy (non-hydrogen) atoms. The van der Waals surface area contributed by atoms with E-state index in [1.54, 1.807) is 0 Å². The van der Waals surface area contributed by atoms with Crippen LogP contribution in [0.4, 0.5) is 5.69 Å². The first-order valence-corrected chi connectivity index (χ1v) is 7.72. The summed E-state index contributed by atoms with van der Waals surface area (Å²) in [7, 11) is 0. The Morgan fingerprint density at radius 3 is 2.32 bits per heavy atom. The minimum absolute atomic E-state index is 0.0366. The highest BCUT2D eigenvalue weighted by molar-refractivity contribution is 6.24. The largest absolute Gasteiger partial charge is 0.311 e. The van der Waals surface area contributed by atoms with E-state index in [1.165, 1.54) is 37.7 Å². The SMILES string of the molecule is O=C1CC(Cl)CN1c1ccc(C2CCCCC2)cc1. The lowest BCUT2D eigenvalue weighted by atomic mass is 9.84. The lowest BCUT2D eigenvalue weighted by molar-refractivity contribution is -0.117. The maximum absolute atomic E-state index is 11.8. The second kappa shape index (κ2) is 5.54. The van der Waals surface area contributed by atoms with Crippen LogP contribution in [-0.2, 0) is 4.79 Å². The molecule has 1 saturated heterocycles. The van der Waals surface area contributed by atoms with E-state index >= 15 is 0 Å². The lowest BCUT2D eigenvalue weighted by Gasteiger charge is -2.23. The molecule has 3 rings (SSSR count). The zero-order valence-electron chi connectivity index (χ0n) is 11.1. The zero-order valence-corrected chi connectivity index (χ0v) is 11.9. The molecule has 1 atom stereocenters. The van der Waals surface area contributed by atoms with Crippen LogP contribution in [0.3, 0.4) is 0 Å². The van der Waals surface area contributed by atoms with Crippen molar-refractivity contribution < 1.29 is 4.79 Å². The molecule has 2 aliphatic rings. The van der Waals surface area contributed by atoms with Gasteiger partial charge in [-0.25, -0.2) is 0 Å². The van der Waals surface area contributed by atoms with Crippen molar-refractivity contribution in [1.82, 2.24) is 0 Å². The number of carbonyl (C=O) groups excluding carboxylic acids is 1. The highest BCUT2D eigenvalue weighted by Crippen LogP contribution is 2.34. The Morgan fingerprint density at radius 2 is 1.74 bits per heavy atom. The molecule has 0 N–H and O–H groups in total. The van der Waals surface area contributed by atoms with Gasteiger partial charge in [0, 0.05) is 18.7 Å². The average molecular weight is 278 g/mol. The third-order valence-corrected chi connectivity index (χ3v) is 4.65. The summed E-state index contributed by atoms with van der Waals surface area (Å²) in [5.41, 5.74) is 2.42. The number of alkyl halides is 1. The summed E-state index contributed by atoms with van der Waals surface area (Å²) in [5, 5.41) is -0.0366. The number of rotatable bonds is 2. The van der Waals surface area contributed by atoms with Gasteiger partial charge >= 0.3 is 0 Å². The molecule has 1 unspecified atom stereocenters. The molecule has 3 heteroatoms. The molecule has 1 saturated carbocycles. The van der Waals surface area contributed by atoms with Crippen molar-refractivity contribution >= 4 is 23.2 Å². The van der Waals surface area contributed by atoms with Gasteiger partial charge in [0.2, 0.25) is 5.91 Å². The summed E-state index contributed by atoms with van der Waals surface area (Å²) in [6.45, 7) is 0.642. The van der Waals surface area contributed by atoms with Gasteiger partial charge < -0.3 is 4.90 Å². The lowest BCUT2D eigenvalue weighted by Crippen LogP contribution is -2.24. The normalized spacial score (nSPS) is 25.0. The topological polar surface area (TPSA) is 20.3 Å². The Labute approximate surface area is 119 Å². The van der Waals surface area contributed by atoms with E-state index in [0.29, 0.717) is 13.0 Å². The van der Waals surface area contributed by atoms with Gasteiger partial charge in [-0.05, 0) is 36.5 Å². The Balaban J connectivity index is 1.73. The summed E-state index contributed by atoms with van der Waals surface area (Å²) in [6, 6.07) is 8.55. The van der Waals surface area contributed by atoms with Gasteiger partial charge in [-0.1, -0.05) is 31.4 Å². The Bertz CT molecular complexity index is 450. The Morgan fingerprint density at radius 1 is 1.05 bits per heavy atom. The first kappa shape index (κ1) is 13.0. The van der Waals surface area contributed by atoms with Crippen molar-refractivity contribution in [2.45, 2.75) is 49.8 Å². The number of anilines is 1. The maximum atomic E-state index is 11.8. The molecule has 1 aromatic carbocycles. The van der Waals surface area contributed by atoms with E-state index in [2.05, 4.69) is 24.3 Å². The zero-order chi connectivity index (χ0) is 13.2. The van der Waals surface area contributed by atoms with Crippen molar-refractivity contribution in [2.24, 2.45) is 0 Å². The number of halogens is 1. The van der Waals surface area contributed by atoms with Crippen molar-refractivity contribution in [3.63, 3.8) is 0 Å². The average Bonchev–Trinajstić information content (AvgIpc) is 2.79. The fraction of sp³-hybridized carbons (Fsp3) is 0.562. The van der Waals surface area contributed by atoms with E-state index < -0.39 is 0 Å². The number of hydrogen-bond donors (Lipinski definition) is 0. The molecular formula is C16H20ClNO. The van der Waals surface area contributed by atoms with Crippen molar-refractivity contribution in [3.8, 4) is 0 Å². The molecule has 0 bridgehead atoms. The minimum Gasteiger partial charge on any atom is -0.311 e. The molecule has 2 fully saturated rings. The maximum Gasteiger partial charge on any atom is 0.228 e. The Hall–Kier alpha value is -1.02. The number of nitrogens with zero attached hydrogens (tertiary/aromatic N) is 1. The van der Waals surface area contributed by atoms with Gasteiger partial charge in [0.25, 0.3) is 0 Å². The summed E-state index contributed by atoms with van der Waals surface area (Å²) >= 11 is 6.04. The van der Waals surface area contributed by atoms with E-state index in [9.17, 15) is 4.79 Å². The fourth-order valence-corrected chi connectivity index (χ4v) is 3.55. The van der Waals surface area contributed by atoms with Crippen LogP contribution < -0.4 is 4.90 Å². The second-order valence-corrected chi connectivity index (χ2v) is 6.35. The van der Waals surface area contributed by atoms with Gasteiger partial charge in [0.15, 0.2) is 0 Å². The Kier molecular flexibility index (Phi) is 3.79. The predicted molar refractivity (Wildman–Crippen MR) is 78.9 cm³/mol. The molecule has 1 aliphatic carbocycles. The highest BCUT2D eigenvalue weighted by Gasteiger charge is 2.29. The van der Waals surface area contributed by atoms with Crippen LogP contribution in [-0.4, -0.2) is 17.8 Å². The molecule has 102 valence electrons. The standard InChI is InChI=1S/C16H20ClNO/c17-14-10-16(19)18(11-14)15-8-6-13(7-9-15)12-4-2-1-3-5-12/h6-9,12,14H,1-5,10-11H2. The summed E-state index contributed by atoms with van der Waals surface area (Å²) < 4.78 is 0. The van der Waals surface area contributed by atoms with Crippen LogP contribution in [0.15, 0.2) is 24.3 Å². The summed E-state index contributed by atoms with van der Waals surface area (Å²) in [5.74, 6) is 0.864. The molecule has 1 heterocycles. The van der Waals surface area contributed by atoms with Gasteiger partial charge in [-0.15, -0.1) is 11.6 Å². The quantitative estimate of drug-likeness (QED) is 0.746. The monoisotopic (exact) mass is 277 g/mol.